The Labute approximate surface area is 180 Å². The van der Waals surface area contributed by atoms with Crippen LogP contribution >= 0.6 is 11.6 Å². The highest BCUT2D eigenvalue weighted by atomic mass is 35.5. The maximum atomic E-state index is 13.0. The molecule has 3 aromatic rings. The van der Waals surface area contributed by atoms with E-state index in [4.69, 9.17) is 20.8 Å². The van der Waals surface area contributed by atoms with E-state index in [1.165, 1.54) is 0 Å². The van der Waals surface area contributed by atoms with Gasteiger partial charge in [-0.25, -0.2) is 0 Å². The van der Waals surface area contributed by atoms with Crippen LogP contribution in [0.15, 0.2) is 40.8 Å². The number of carbonyl (C=O) groups excluding carboxylic acids is 2. The van der Waals surface area contributed by atoms with Crippen molar-refractivity contribution in [2.75, 3.05) is 33.3 Å². The van der Waals surface area contributed by atoms with Crippen molar-refractivity contribution in [2.24, 2.45) is 0 Å². The van der Waals surface area contributed by atoms with Gasteiger partial charge >= 0.3 is 0 Å². The van der Waals surface area contributed by atoms with Crippen LogP contribution in [0.25, 0.3) is 11.0 Å². The highest BCUT2D eigenvalue weighted by Crippen LogP contribution is 2.29. The van der Waals surface area contributed by atoms with E-state index in [1.54, 1.807) is 47.2 Å². The highest BCUT2D eigenvalue weighted by molar-refractivity contribution is 6.31. The fourth-order valence-electron chi connectivity index (χ4n) is 3.79. The number of piperazine rings is 1. The van der Waals surface area contributed by atoms with E-state index in [0.717, 1.165) is 16.5 Å². The van der Waals surface area contributed by atoms with Crippen LogP contribution in [0.4, 0.5) is 0 Å². The number of amides is 2. The summed E-state index contributed by atoms with van der Waals surface area (Å²) in [5.41, 5.74) is 2.99. The molecule has 1 aliphatic rings. The number of hydrogen-bond acceptors (Lipinski definition) is 4. The van der Waals surface area contributed by atoms with E-state index in [2.05, 4.69) is 0 Å². The molecule has 0 aliphatic carbocycles. The van der Waals surface area contributed by atoms with Gasteiger partial charge in [0, 0.05) is 47.7 Å². The lowest BCUT2D eigenvalue weighted by atomic mass is 10.1. The minimum atomic E-state index is -0.163. The number of ether oxygens (including phenoxy) is 1. The summed E-state index contributed by atoms with van der Waals surface area (Å²) in [6, 6.07) is 10.8. The summed E-state index contributed by atoms with van der Waals surface area (Å²) < 4.78 is 11.1. The number of hydrogen-bond donors (Lipinski definition) is 0. The van der Waals surface area contributed by atoms with E-state index in [0.29, 0.717) is 53.9 Å². The van der Waals surface area contributed by atoms with E-state index in [9.17, 15) is 9.59 Å². The lowest BCUT2D eigenvalue weighted by Crippen LogP contribution is -2.50. The highest BCUT2D eigenvalue weighted by Gasteiger charge is 2.29. The number of halogens is 1. The average Bonchev–Trinajstić information content (AvgIpc) is 3.09. The second kappa shape index (κ2) is 8.03. The summed E-state index contributed by atoms with van der Waals surface area (Å²) >= 11 is 6.07. The van der Waals surface area contributed by atoms with Gasteiger partial charge in [-0.15, -0.1) is 0 Å². The number of methoxy groups -OCH3 is 1. The molecule has 2 heterocycles. The first-order chi connectivity index (χ1) is 14.4. The standard InChI is InChI=1S/C23H23ClN2O4/c1-14-4-5-16(12-20(14)29-3)22(27)25-8-10-26(11-9-25)23(28)21-15(2)18-13-17(24)6-7-19(18)30-21/h4-7,12-13H,8-11H2,1-3H3. The first-order valence-corrected chi connectivity index (χ1v) is 10.2. The van der Waals surface area contributed by atoms with Gasteiger partial charge in [-0.1, -0.05) is 17.7 Å². The van der Waals surface area contributed by atoms with Crippen LogP contribution in [0.2, 0.25) is 5.02 Å². The van der Waals surface area contributed by atoms with Crippen LogP contribution in [0.5, 0.6) is 5.75 Å². The lowest BCUT2D eigenvalue weighted by Gasteiger charge is -2.34. The normalized spacial score (nSPS) is 14.3. The molecule has 0 N–H and O–H groups in total. The topological polar surface area (TPSA) is 63.0 Å². The molecule has 0 unspecified atom stereocenters. The van der Waals surface area contributed by atoms with Crippen molar-refractivity contribution >= 4 is 34.4 Å². The van der Waals surface area contributed by atoms with Crippen molar-refractivity contribution in [1.82, 2.24) is 9.80 Å². The van der Waals surface area contributed by atoms with Crippen LogP contribution in [-0.4, -0.2) is 54.9 Å². The van der Waals surface area contributed by atoms with Crippen LogP contribution < -0.4 is 4.74 Å². The monoisotopic (exact) mass is 426 g/mol. The van der Waals surface area contributed by atoms with Crippen molar-refractivity contribution in [3.63, 3.8) is 0 Å². The molecule has 1 aromatic heterocycles. The Kier molecular flexibility index (Phi) is 5.43. The van der Waals surface area contributed by atoms with Gasteiger partial charge < -0.3 is 19.0 Å². The molecule has 0 bridgehead atoms. The second-order valence-corrected chi connectivity index (χ2v) is 7.90. The average molecular weight is 427 g/mol. The van der Waals surface area contributed by atoms with E-state index in [1.807, 2.05) is 19.9 Å². The predicted octanol–water partition coefficient (Wildman–Crippen LogP) is 4.31. The molecule has 0 radical (unpaired) electrons. The van der Waals surface area contributed by atoms with Gasteiger partial charge in [0.25, 0.3) is 11.8 Å². The number of nitrogens with zero attached hydrogens (tertiary/aromatic N) is 2. The molecular formula is C23H23ClN2O4. The number of rotatable bonds is 3. The molecule has 0 atom stereocenters. The Morgan fingerprint density at radius 3 is 2.30 bits per heavy atom. The van der Waals surface area contributed by atoms with Crippen LogP contribution in [0.3, 0.4) is 0 Å². The molecule has 0 spiro atoms. The Bertz CT molecular complexity index is 1130. The number of carbonyl (C=O) groups is 2. The molecule has 4 rings (SSSR count). The van der Waals surface area contributed by atoms with Crippen molar-refractivity contribution < 1.29 is 18.7 Å². The van der Waals surface area contributed by atoms with Gasteiger partial charge in [-0.2, -0.15) is 0 Å². The van der Waals surface area contributed by atoms with Crippen LogP contribution in [0, 0.1) is 13.8 Å². The van der Waals surface area contributed by atoms with Gasteiger partial charge in [0.15, 0.2) is 5.76 Å². The Morgan fingerprint density at radius 1 is 0.967 bits per heavy atom. The molecule has 1 fully saturated rings. The third kappa shape index (κ3) is 3.63. The molecular weight excluding hydrogens is 404 g/mol. The maximum absolute atomic E-state index is 13.0. The summed E-state index contributed by atoms with van der Waals surface area (Å²) in [6.45, 7) is 5.62. The molecule has 30 heavy (non-hydrogen) atoms. The molecule has 7 heteroatoms. The van der Waals surface area contributed by atoms with E-state index in [-0.39, 0.29) is 11.8 Å². The molecule has 156 valence electrons. The van der Waals surface area contributed by atoms with E-state index < -0.39 is 0 Å². The van der Waals surface area contributed by atoms with Gasteiger partial charge in [0.1, 0.15) is 11.3 Å². The smallest absolute Gasteiger partial charge is 0.290 e. The van der Waals surface area contributed by atoms with Gasteiger partial charge in [0.2, 0.25) is 0 Å². The van der Waals surface area contributed by atoms with Crippen molar-refractivity contribution in [1.29, 1.82) is 0 Å². The zero-order valence-corrected chi connectivity index (χ0v) is 18.0. The summed E-state index contributed by atoms with van der Waals surface area (Å²) in [7, 11) is 1.59. The Morgan fingerprint density at radius 2 is 1.63 bits per heavy atom. The van der Waals surface area contributed by atoms with Crippen LogP contribution in [0.1, 0.15) is 32.0 Å². The number of fused-ring (bicyclic) bond motifs is 1. The SMILES string of the molecule is COc1cc(C(=O)N2CCN(C(=O)c3oc4ccc(Cl)cc4c3C)CC2)ccc1C. The number of furan rings is 1. The zero-order chi connectivity index (χ0) is 21.4. The predicted molar refractivity (Wildman–Crippen MR) is 115 cm³/mol. The largest absolute Gasteiger partial charge is 0.496 e. The Hall–Kier alpha value is -2.99. The number of benzene rings is 2. The maximum Gasteiger partial charge on any atom is 0.290 e. The molecule has 0 saturated carbocycles. The summed E-state index contributed by atoms with van der Waals surface area (Å²) in [4.78, 5) is 29.4. The van der Waals surface area contributed by atoms with E-state index >= 15 is 0 Å². The van der Waals surface area contributed by atoms with Gasteiger partial charge in [0.05, 0.1) is 7.11 Å². The van der Waals surface area contributed by atoms with Crippen molar-refractivity contribution in [3.05, 3.63) is 63.9 Å². The third-order valence-corrected chi connectivity index (χ3v) is 5.84. The van der Waals surface area contributed by atoms with Crippen molar-refractivity contribution in [2.45, 2.75) is 13.8 Å². The summed E-state index contributed by atoms with van der Waals surface area (Å²) in [6.07, 6.45) is 0. The minimum absolute atomic E-state index is 0.0602. The number of aryl methyl sites for hydroxylation is 2. The fraction of sp³-hybridized carbons (Fsp3) is 0.304. The second-order valence-electron chi connectivity index (χ2n) is 7.47. The first kappa shape index (κ1) is 20.3. The molecule has 6 nitrogen and oxygen atoms in total. The first-order valence-electron chi connectivity index (χ1n) is 9.81. The summed E-state index contributed by atoms with van der Waals surface area (Å²) in [5.74, 6) is 0.796. The van der Waals surface area contributed by atoms with Crippen molar-refractivity contribution in [3.8, 4) is 5.75 Å². The molecule has 2 amide bonds. The zero-order valence-electron chi connectivity index (χ0n) is 17.2. The molecule has 1 saturated heterocycles. The molecule has 2 aromatic carbocycles. The Balaban J connectivity index is 1.46. The minimum Gasteiger partial charge on any atom is -0.496 e. The van der Waals surface area contributed by atoms with Gasteiger partial charge in [-0.3, -0.25) is 9.59 Å². The van der Waals surface area contributed by atoms with Crippen LogP contribution in [-0.2, 0) is 0 Å². The fourth-order valence-corrected chi connectivity index (χ4v) is 3.96. The van der Waals surface area contributed by atoms with Gasteiger partial charge in [-0.05, 0) is 49.7 Å². The molecule has 1 aliphatic heterocycles. The third-order valence-electron chi connectivity index (χ3n) is 5.60. The summed E-state index contributed by atoms with van der Waals surface area (Å²) in [5, 5.41) is 1.44. The lowest BCUT2D eigenvalue weighted by molar-refractivity contribution is 0.0518. The quantitative estimate of drug-likeness (QED) is 0.626.